The Kier molecular flexibility index (Phi) is 2.98. The molecule has 0 radical (unpaired) electrons. The molecule has 0 bridgehead atoms. The van der Waals surface area contributed by atoms with Crippen LogP contribution in [-0.2, 0) is 6.42 Å². The first kappa shape index (κ1) is 12.9. The number of nitrogens with one attached hydrogen (secondary N) is 1. The first-order valence-electron chi connectivity index (χ1n) is 6.23. The van der Waals surface area contributed by atoms with Crippen LogP contribution in [0.4, 0.5) is 5.13 Å². The van der Waals surface area contributed by atoms with E-state index in [0.29, 0.717) is 10.0 Å². The van der Waals surface area contributed by atoms with Gasteiger partial charge in [0.25, 0.3) is 5.91 Å². The Hall–Kier alpha value is -1.84. The molecular formula is C12H9N5OS3. The van der Waals surface area contributed by atoms with Gasteiger partial charge in [0.1, 0.15) is 9.84 Å². The molecule has 1 N–H and O–H groups in total. The summed E-state index contributed by atoms with van der Waals surface area (Å²) < 4.78 is 1.99. The third kappa shape index (κ3) is 2.13. The molecule has 0 aliphatic carbocycles. The van der Waals surface area contributed by atoms with Crippen molar-refractivity contribution in [2.75, 3.05) is 5.32 Å². The van der Waals surface area contributed by atoms with Gasteiger partial charge in [-0.15, -0.1) is 32.9 Å². The van der Waals surface area contributed by atoms with Gasteiger partial charge in [-0.2, -0.15) is 0 Å². The predicted molar refractivity (Wildman–Crippen MR) is 85.7 cm³/mol. The molecule has 0 saturated carbocycles. The van der Waals surface area contributed by atoms with Gasteiger partial charge < -0.3 is 0 Å². The minimum absolute atomic E-state index is 0.166. The number of amides is 1. The zero-order chi connectivity index (χ0) is 14.4. The fraction of sp³-hybridized carbons (Fsp3) is 0.167. The molecule has 0 aliphatic rings. The number of fused-ring (bicyclic) bond motifs is 3. The maximum Gasteiger partial charge on any atom is 0.267 e. The van der Waals surface area contributed by atoms with E-state index in [-0.39, 0.29) is 5.91 Å². The Bertz CT molecular complexity index is 947. The summed E-state index contributed by atoms with van der Waals surface area (Å²) in [5.74, 6) is -0.166. The Morgan fingerprint density at radius 3 is 3.10 bits per heavy atom. The van der Waals surface area contributed by atoms with Crippen molar-refractivity contribution in [3.63, 3.8) is 0 Å². The zero-order valence-corrected chi connectivity index (χ0v) is 13.3. The summed E-state index contributed by atoms with van der Waals surface area (Å²) >= 11 is 4.37. The highest BCUT2D eigenvalue weighted by Crippen LogP contribution is 2.29. The molecule has 4 aromatic heterocycles. The molecule has 4 rings (SSSR count). The second kappa shape index (κ2) is 4.86. The average molecular weight is 335 g/mol. The van der Waals surface area contributed by atoms with Gasteiger partial charge in [0.15, 0.2) is 4.96 Å². The number of anilines is 1. The fourth-order valence-corrected chi connectivity index (χ4v) is 4.34. The van der Waals surface area contributed by atoms with Crippen molar-refractivity contribution < 1.29 is 4.79 Å². The normalized spacial score (nSPS) is 11.5. The minimum atomic E-state index is -0.166. The zero-order valence-electron chi connectivity index (χ0n) is 10.9. The summed E-state index contributed by atoms with van der Waals surface area (Å²) in [6.45, 7) is 2.01. The Morgan fingerprint density at radius 1 is 1.38 bits per heavy atom. The molecule has 9 heteroatoms. The van der Waals surface area contributed by atoms with E-state index in [1.807, 2.05) is 29.0 Å². The van der Waals surface area contributed by atoms with Crippen LogP contribution in [0.25, 0.3) is 15.3 Å². The van der Waals surface area contributed by atoms with Gasteiger partial charge in [-0.25, -0.2) is 4.98 Å². The summed E-state index contributed by atoms with van der Waals surface area (Å²) in [6, 6.07) is 1.86. The molecule has 0 spiro atoms. The fourth-order valence-electron chi connectivity index (χ4n) is 1.97. The van der Waals surface area contributed by atoms with Crippen LogP contribution in [0.5, 0.6) is 0 Å². The van der Waals surface area contributed by atoms with E-state index in [2.05, 4.69) is 20.5 Å². The molecule has 4 heterocycles. The SMILES string of the molecule is CCc1nnc(NC(=O)c2cc3c(nc4sccn43)s2)s1. The van der Waals surface area contributed by atoms with Crippen molar-refractivity contribution >= 4 is 60.4 Å². The summed E-state index contributed by atoms with van der Waals surface area (Å²) in [4.78, 5) is 19.2. The van der Waals surface area contributed by atoms with E-state index < -0.39 is 0 Å². The smallest absolute Gasteiger partial charge is 0.267 e. The highest BCUT2D eigenvalue weighted by atomic mass is 32.1. The van der Waals surface area contributed by atoms with Crippen molar-refractivity contribution in [2.24, 2.45) is 0 Å². The van der Waals surface area contributed by atoms with Gasteiger partial charge in [0, 0.05) is 11.6 Å². The van der Waals surface area contributed by atoms with Gasteiger partial charge in [-0.1, -0.05) is 18.3 Å². The van der Waals surface area contributed by atoms with Crippen LogP contribution < -0.4 is 5.32 Å². The Morgan fingerprint density at radius 2 is 2.29 bits per heavy atom. The minimum Gasteiger partial charge on any atom is -0.296 e. The number of aryl methyl sites for hydroxylation is 1. The summed E-state index contributed by atoms with van der Waals surface area (Å²) in [7, 11) is 0. The molecule has 0 unspecified atom stereocenters. The number of rotatable bonds is 3. The number of thiophene rings is 1. The number of thiazole rings is 1. The molecule has 0 aromatic carbocycles. The van der Waals surface area contributed by atoms with Gasteiger partial charge in [-0.05, 0) is 12.5 Å². The van der Waals surface area contributed by atoms with Gasteiger partial charge in [-0.3, -0.25) is 14.5 Å². The van der Waals surface area contributed by atoms with Crippen LogP contribution in [0.15, 0.2) is 17.6 Å². The van der Waals surface area contributed by atoms with Crippen molar-refractivity contribution in [1.29, 1.82) is 0 Å². The van der Waals surface area contributed by atoms with Gasteiger partial charge in [0.05, 0.1) is 10.4 Å². The van der Waals surface area contributed by atoms with Crippen LogP contribution in [0.2, 0.25) is 0 Å². The third-order valence-electron chi connectivity index (χ3n) is 2.95. The van der Waals surface area contributed by atoms with E-state index in [4.69, 9.17) is 0 Å². The highest BCUT2D eigenvalue weighted by molar-refractivity contribution is 7.21. The maximum atomic E-state index is 12.3. The lowest BCUT2D eigenvalue weighted by molar-refractivity contribution is 0.103. The number of carbonyl (C=O) groups excluding carboxylic acids is 1. The molecule has 1 amide bonds. The molecule has 21 heavy (non-hydrogen) atoms. The lowest BCUT2D eigenvalue weighted by atomic mass is 10.4. The number of hydrogen-bond acceptors (Lipinski definition) is 7. The second-order valence-corrected chi connectivity index (χ2v) is 7.24. The molecule has 106 valence electrons. The lowest BCUT2D eigenvalue weighted by Gasteiger charge is -1.96. The first-order chi connectivity index (χ1) is 10.2. The monoisotopic (exact) mass is 335 g/mol. The average Bonchev–Trinajstić information content (AvgIpc) is 3.18. The molecule has 4 aromatic rings. The van der Waals surface area contributed by atoms with Gasteiger partial charge in [0.2, 0.25) is 5.13 Å². The van der Waals surface area contributed by atoms with Crippen molar-refractivity contribution in [2.45, 2.75) is 13.3 Å². The highest BCUT2D eigenvalue weighted by Gasteiger charge is 2.16. The quantitative estimate of drug-likeness (QED) is 0.623. The van der Waals surface area contributed by atoms with E-state index in [0.717, 1.165) is 26.7 Å². The summed E-state index contributed by atoms with van der Waals surface area (Å²) in [5, 5.41) is 14.2. The number of nitrogens with zero attached hydrogens (tertiary/aromatic N) is 4. The Balaban J connectivity index is 1.65. The molecule has 0 atom stereocenters. The van der Waals surface area contributed by atoms with Crippen LogP contribution in [0.3, 0.4) is 0 Å². The summed E-state index contributed by atoms with van der Waals surface area (Å²) in [5.41, 5.74) is 0.966. The van der Waals surface area contributed by atoms with E-state index >= 15 is 0 Å². The van der Waals surface area contributed by atoms with Crippen molar-refractivity contribution in [3.05, 3.63) is 27.5 Å². The molecular weight excluding hydrogens is 326 g/mol. The van der Waals surface area contributed by atoms with Crippen LogP contribution >= 0.6 is 34.0 Å². The van der Waals surface area contributed by atoms with E-state index in [9.17, 15) is 4.79 Å². The topological polar surface area (TPSA) is 72.2 Å². The molecule has 0 fully saturated rings. The molecule has 6 nitrogen and oxygen atoms in total. The number of carbonyl (C=O) groups is 1. The second-order valence-electron chi connectivity index (χ2n) is 4.28. The number of aromatic nitrogens is 4. The molecule has 0 aliphatic heterocycles. The standard InChI is InChI=1S/C12H9N5OS3/c1-2-8-15-16-11(21-8)13-9(18)7-5-6-10(20-7)14-12-17(6)3-4-19-12/h3-5H,2H2,1H3,(H,13,16,18). The van der Waals surface area contributed by atoms with E-state index in [1.165, 1.54) is 22.7 Å². The van der Waals surface area contributed by atoms with Crippen LogP contribution in [0.1, 0.15) is 21.6 Å². The van der Waals surface area contributed by atoms with Crippen molar-refractivity contribution in [3.8, 4) is 0 Å². The third-order valence-corrected chi connectivity index (χ3v) is 5.71. The first-order valence-corrected chi connectivity index (χ1v) is 8.74. The number of imidazole rings is 1. The predicted octanol–water partition coefficient (Wildman–Crippen LogP) is 3.28. The van der Waals surface area contributed by atoms with E-state index in [1.54, 1.807) is 11.3 Å². The maximum absolute atomic E-state index is 12.3. The van der Waals surface area contributed by atoms with Crippen LogP contribution in [-0.4, -0.2) is 25.5 Å². The Labute approximate surface area is 131 Å². The summed E-state index contributed by atoms with van der Waals surface area (Å²) in [6.07, 6.45) is 2.78. The molecule has 0 saturated heterocycles. The lowest BCUT2D eigenvalue weighted by Crippen LogP contribution is -2.09. The van der Waals surface area contributed by atoms with Crippen LogP contribution in [0, 0.1) is 0 Å². The number of hydrogen-bond donors (Lipinski definition) is 1. The van der Waals surface area contributed by atoms with Gasteiger partial charge >= 0.3 is 0 Å². The largest absolute Gasteiger partial charge is 0.296 e. The van der Waals surface area contributed by atoms with Crippen molar-refractivity contribution in [1.82, 2.24) is 19.6 Å².